The summed E-state index contributed by atoms with van der Waals surface area (Å²) >= 11 is 0.510. The third-order valence-electron chi connectivity index (χ3n) is 3.59. The molecule has 1 aliphatic rings. The minimum absolute atomic E-state index is 0.510. The molecule has 19 heavy (non-hydrogen) atoms. The lowest BCUT2D eigenvalue weighted by atomic mass is 9.65. The van der Waals surface area contributed by atoms with E-state index in [4.69, 9.17) is 0 Å². The molecular formula is C11H16O7S. The second-order valence-electron chi connectivity index (χ2n) is 4.67. The van der Waals surface area contributed by atoms with E-state index in [9.17, 15) is 34.8 Å². The van der Waals surface area contributed by atoms with Gasteiger partial charge in [0, 0.05) is 5.75 Å². The van der Waals surface area contributed by atoms with E-state index >= 15 is 0 Å². The Morgan fingerprint density at radius 3 is 1.79 bits per heavy atom. The summed E-state index contributed by atoms with van der Waals surface area (Å²) in [6.07, 6.45) is 0. The highest BCUT2D eigenvalue weighted by molar-refractivity contribution is 8.00. The Labute approximate surface area is 113 Å². The fourth-order valence-electron chi connectivity index (χ4n) is 2.26. The third kappa shape index (κ3) is 1.78. The zero-order valence-electron chi connectivity index (χ0n) is 10.7. The Kier molecular flexibility index (Phi) is 3.97. The van der Waals surface area contributed by atoms with E-state index in [-0.39, 0.29) is 0 Å². The summed E-state index contributed by atoms with van der Waals surface area (Å²) in [6, 6.07) is 0. The van der Waals surface area contributed by atoms with Crippen molar-refractivity contribution >= 4 is 29.1 Å². The van der Waals surface area contributed by atoms with E-state index in [0.717, 1.165) is 20.8 Å². The quantitative estimate of drug-likeness (QED) is 0.470. The molecule has 1 rings (SSSR count). The molecule has 0 radical (unpaired) electrons. The van der Waals surface area contributed by atoms with Gasteiger partial charge in [0.1, 0.15) is 5.44 Å². The van der Waals surface area contributed by atoms with Crippen molar-refractivity contribution in [2.24, 2.45) is 0 Å². The van der Waals surface area contributed by atoms with Crippen LogP contribution in [0.5, 0.6) is 0 Å². The highest BCUT2D eigenvalue weighted by atomic mass is 32.2. The molecule has 1 heterocycles. The molecule has 0 amide bonds. The van der Waals surface area contributed by atoms with E-state index in [1.54, 1.807) is 0 Å². The van der Waals surface area contributed by atoms with Gasteiger partial charge < -0.3 is 20.4 Å². The summed E-state index contributed by atoms with van der Waals surface area (Å²) in [5.74, 6) is -3.80. The fraction of sp³-hybridized carbons (Fsp3) is 0.727. The summed E-state index contributed by atoms with van der Waals surface area (Å²) in [7, 11) is 0. The lowest BCUT2D eigenvalue weighted by Gasteiger charge is -2.53. The lowest BCUT2D eigenvalue weighted by Crippen LogP contribution is -2.81. The topological polar surface area (TPSA) is 132 Å². The third-order valence-corrected chi connectivity index (χ3v) is 4.83. The second kappa shape index (κ2) is 4.64. The van der Waals surface area contributed by atoms with Gasteiger partial charge in [0.15, 0.2) is 34.2 Å². The fourth-order valence-corrected chi connectivity index (χ4v) is 3.65. The monoisotopic (exact) mass is 292 g/mol. The van der Waals surface area contributed by atoms with Gasteiger partial charge in [0.25, 0.3) is 0 Å². The number of rotatable bonds is 3. The van der Waals surface area contributed by atoms with Gasteiger partial charge in [-0.25, -0.2) is 0 Å². The number of Topliss-reactive ketones (excluding diaryl/α,β-unsaturated/α-hetero) is 3. The number of hydrogen-bond acceptors (Lipinski definition) is 8. The molecule has 0 aliphatic carbocycles. The molecule has 1 saturated heterocycles. The number of hydrogen-bond donors (Lipinski definition) is 4. The van der Waals surface area contributed by atoms with Crippen LogP contribution in [0.25, 0.3) is 0 Å². The summed E-state index contributed by atoms with van der Waals surface area (Å²) in [6.45, 7) is 2.60. The maximum absolute atomic E-state index is 11.7. The number of aliphatic hydroxyl groups is 4. The molecule has 0 aromatic heterocycles. The Hall–Kier alpha value is -0.800. The molecule has 0 aromatic rings. The molecule has 4 atom stereocenters. The number of carbonyl (C=O) groups is 3. The molecule has 0 saturated carbocycles. The van der Waals surface area contributed by atoms with E-state index in [1.807, 2.05) is 0 Å². The van der Waals surface area contributed by atoms with Crippen molar-refractivity contribution in [2.45, 2.75) is 43.0 Å². The van der Waals surface area contributed by atoms with Gasteiger partial charge in [0.05, 0.1) is 0 Å². The van der Waals surface area contributed by atoms with Crippen LogP contribution in [0.15, 0.2) is 0 Å². The summed E-state index contributed by atoms with van der Waals surface area (Å²) in [4.78, 5) is 34.9. The van der Waals surface area contributed by atoms with Gasteiger partial charge >= 0.3 is 0 Å². The zero-order chi connectivity index (χ0) is 15.2. The molecule has 0 bridgehead atoms. The van der Waals surface area contributed by atoms with Crippen LogP contribution in [0.1, 0.15) is 20.8 Å². The van der Waals surface area contributed by atoms with Crippen LogP contribution in [-0.2, 0) is 14.4 Å². The average Bonchev–Trinajstić information content (AvgIpc) is 2.30. The Bertz CT molecular complexity index is 450. The Balaban J connectivity index is 3.65. The maximum atomic E-state index is 11.7. The second-order valence-corrected chi connectivity index (χ2v) is 5.74. The van der Waals surface area contributed by atoms with Gasteiger partial charge in [-0.1, -0.05) is 0 Å². The molecule has 1 fully saturated rings. The van der Waals surface area contributed by atoms with Crippen molar-refractivity contribution in [1.29, 1.82) is 0 Å². The summed E-state index contributed by atoms with van der Waals surface area (Å²) in [5.41, 5.74) is -10.5. The Morgan fingerprint density at radius 2 is 1.47 bits per heavy atom. The van der Waals surface area contributed by atoms with Gasteiger partial charge in [-0.3, -0.25) is 14.4 Å². The molecule has 0 aromatic carbocycles. The van der Waals surface area contributed by atoms with Crippen molar-refractivity contribution in [1.82, 2.24) is 0 Å². The van der Waals surface area contributed by atoms with Crippen molar-refractivity contribution < 1.29 is 34.8 Å². The van der Waals surface area contributed by atoms with Gasteiger partial charge in [-0.15, -0.1) is 11.8 Å². The molecule has 0 spiro atoms. The molecule has 0 unspecified atom stereocenters. The minimum Gasteiger partial charge on any atom is -0.379 e. The van der Waals surface area contributed by atoms with Crippen molar-refractivity contribution in [2.75, 3.05) is 5.75 Å². The molecule has 4 N–H and O–H groups in total. The average molecular weight is 292 g/mol. The van der Waals surface area contributed by atoms with E-state index in [0.29, 0.717) is 11.8 Å². The largest absolute Gasteiger partial charge is 0.379 e. The first kappa shape index (κ1) is 16.3. The molecule has 1 aliphatic heterocycles. The predicted molar refractivity (Wildman–Crippen MR) is 65.4 cm³/mol. The zero-order valence-corrected chi connectivity index (χ0v) is 11.5. The van der Waals surface area contributed by atoms with Crippen molar-refractivity contribution in [3.63, 3.8) is 0 Å². The highest BCUT2D eigenvalue weighted by Gasteiger charge is 2.74. The predicted octanol–water partition coefficient (Wildman–Crippen LogP) is -1.99. The molecule has 108 valence electrons. The summed E-state index contributed by atoms with van der Waals surface area (Å²) in [5, 5.41) is 40.8. The normalized spacial score (nSPS) is 42.8. The summed E-state index contributed by atoms with van der Waals surface area (Å²) < 4.78 is 0. The minimum atomic E-state index is -3.09. The first-order valence-electron chi connectivity index (χ1n) is 5.46. The van der Waals surface area contributed by atoms with Crippen LogP contribution in [0.3, 0.4) is 0 Å². The molecule has 8 heteroatoms. The SMILES string of the molecule is CC(=O)[C@]1(O)[C@@](O)(C(C)=O)CS[C@H](O)[C@@]1(O)C(C)=O. The van der Waals surface area contributed by atoms with E-state index < -0.39 is 45.3 Å². The van der Waals surface area contributed by atoms with Crippen molar-refractivity contribution in [3.05, 3.63) is 0 Å². The lowest BCUT2D eigenvalue weighted by molar-refractivity contribution is -0.238. The smallest absolute Gasteiger partial charge is 0.198 e. The van der Waals surface area contributed by atoms with Crippen LogP contribution in [0, 0.1) is 0 Å². The van der Waals surface area contributed by atoms with Crippen LogP contribution in [0.4, 0.5) is 0 Å². The molecule has 7 nitrogen and oxygen atoms in total. The maximum Gasteiger partial charge on any atom is 0.198 e. The van der Waals surface area contributed by atoms with Gasteiger partial charge in [0.2, 0.25) is 0 Å². The first-order valence-corrected chi connectivity index (χ1v) is 6.51. The number of ketones is 3. The standard InChI is InChI=1S/C11H16O7S/c1-5(12)9(16)4-19-8(15)10(17,6(2)13)11(9,18)7(3)14/h8,15-18H,4H2,1-3H3/t8-,9-,10-,11-/m0/s1. The van der Waals surface area contributed by atoms with Gasteiger partial charge in [-0.05, 0) is 20.8 Å². The van der Waals surface area contributed by atoms with Gasteiger partial charge in [-0.2, -0.15) is 0 Å². The Morgan fingerprint density at radius 1 is 1.00 bits per heavy atom. The van der Waals surface area contributed by atoms with Crippen LogP contribution in [-0.4, -0.2) is 65.8 Å². The van der Waals surface area contributed by atoms with E-state index in [1.165, 1.54) is 0 Å². The van der Waals surface area contributed by atoms with Crippen LogP contribution >= 0.6 is 11.8 Å². The number of carbonyl (C=O) groups excluding carboxylic acids is 3. The number of thioether (sulfide) groups is 1. The van der Waals surface area contributed by atoms with Crippen LogP contribution < -0.4 is 0 Å². The first-order chi connectivity index (χ1) is 8.46. The van der Waals surface area contributed by atoms with Crippen molar-refractivity contribution in [3.8, 4) is 0 Å². The molecular weight excluding hydrogens is 276 g/mol. The van der Waals surface area contributed by atoms with Crippen LogP contribution in [0.2, 0.25) is 0 Å². The highest BCUT2D eigenvalue weighted by Crippen LogP contribution is 2.47. The number of aliphatic hydroxyl groups excluding tert-OH is 1. The van der Waals surface area contributed by atoms with E-state index in [2.05, 4.69) is 0 Å².